The van der Waals surface area contributed by atoms with Gasteiger partial charge in [-0.1, -0.05) is 13.8 Å². The lowest BCUT2D eigenvalue weighted by molar-refractivity contribution is -0.130. The van der Waals surface area contributed by atoms with Gasteiger partial charge in [0, 0.05) is 26.4 Å². The van der Waals surface area contributed by atoms with Gasteiger partial charge in [-0.15, -0.1) is 0 Å². The maximum absolute atomic E-state index is 11.8. The molecule has 1 aliphatic rings. The van der Waals surface area contributed by atoms with Crippen LogP contribution in [-0.2, 0) is 9.59 Å². The second kappa shape index (κ2) is 9.03. The number of nitrogens with one attached hydrogen (secondary N) is 1. The Bertz CT molecular complexity index is 344. The Morgan fingerprint density at radius 2 is 2.00 bits per heavy atom. The molecule has 1 aliphatic carbocycles. The van der Waals surface area contributed by atoms with E-state index in [0.29, 0.717) is 31.7 Å². The Hall–Kier alpha value is -1.10. The molecule has 0 radical (unpaired) electrons. The molecule has 0 aromatic heterocycles. The van der Waals surface area contributed by atoms with Gasteiger partial charge in [0.25, 0.3) is 0 Å². The number of carbonyl (C=O) groups is 2. The first-order chi connectivity index (χ1) is 9.90. The molecule has 0 bridgehead atoms. The standard InChI is InChI=1S/C16H30N2O3/c1-12(2)9-10-16(21)18(3)11-5-8-15(20)17-13-6-4-7-14(13)19/h12-14,19H,4-11H2,1-3H3,(H,17,20)/t13-,14-/m1/s1. The van der Waals surface area contributed by atoms with Crippen molar-refractivity contribution in [1.29, 1.82) is 0 Å². The van der Waals surface area contributed by atoms with E-state index in [1.165, 1.54) is 0 Å². The third-order valence-corrected chi connectivity index (χ3v) is 4.08. The molecule has 0 unspecified atom stereocenters. The van der Waals surface area contributed by atoms with Crippen molar-refractivity contribution in [2.24, 2.45) is 5.92 Å². The van der Waals surface area contributed by atoms with Crippen LogP contribution >= 0.6 is 0 Å². The quantitative estimate of drug-likeness (QED) is 0.716. The minimum Gasteiger partial charge on any atom is -0.391 e. The maximum Gasteiger partial charge on any atom is 0.222 e. The lowest BCUT2D eigenvalue weighted by Crippen LogP contribution is -2.40. The van der Waals surface area contributed by atoms with Crippen molar-refractivity contribution in [2.45, 2.75) is 70.9 Å². The monoisotopic (exact) mass is 298 g/mol. The maximum atomic E-state index is 11.8. The molecule has 2 amide bonds. The Morgan fingerprint density at radius 1 is 1.29 bits per heavy atom. The Balaban J connectivity index is 2.14. The van der Waals surface area contributed by atoms with Crippen molar-refractivity contribution < 1.29 is 14.7 Å². The zero-order valence-corrected chi connectivity index (χ0v) is 13.6. The number of rotatable bonds is 8. The zero-order chi connectivity index (χ0) is 15.8. The molecule has 0 spiro atoms. The van der Waals surface area contributed by atoms with Crippen LogP contribution in [0.5, 0.6) is 0 Å². The van der Waals surface area contributed by atoms with Crippen molar-refractivity contribution >= 4 is 11.8 Å². The summed E-state index contributed by atoms with van der Waals surface area (Å²) >= 11 is 0. The van der Waals surface area contributed by atoms with Gasteiger partial charge in [0.15, 0.2) is 0 Å². The fourth-order valence-corrected chi connectivity index (χ4v) is 2.59. The summed E-state index contributed by atoms with van der Waals surface area (Å²) in [5.41, 5.74) is 0. The summed E-state index contributed by atoms with van der Waals surface area (Å²) in [4.78, 5) is 25.3. The van der Waals surface area contributed by atoms with Gasteiger partial charge in [-0.3, -0.25) is 9.59 Å². The Labute approximate surface area is 128 Å². The van der Waals surface area contributed by atoms with Crippen LogP contribution in [0.3, 0.4) is 0 Å². The van der Waals surface area contributed by atoms with Gasteiger partial charge in [0.1, 0.15) is 0 Å². The zero-order valence-electron chi connectivity index (χ0n) is 13.6. The molecule has 1 saturated carbocycles. The lowest BCUT2D eigenvalue weighted by Gasteiger charge is -2.19. The van der Waals surface area contributed by atoms with Crippen molar-refractivity contribution in [3.63, 3.8) is 0 Å². The molecule has 0 aromatic carbocycles. The van der Waals surface area contributed by atoms with Crippen LogP contribution in [0.4, 0.5) is 0 Å². The first kappa shape index (κ1) is 18.0. The lowest BCUT2D eigenvalue weighted by atomic mass is 10.1. The number of amides is 2. The van der Waals surface area contributed by atoms with Crippen molar-refractivity contribution in [3.05, 3.63) is 0 Å². The molecule has 2 N–H and O–H groups in total. The van der Waals surface area contributed by atoms with Crippen LogP contribution in [0.25, 0.3) is 0 Å². The van der Waals surface area contributed by atoms with Gasteiger partial charge >= 0.3 is 0 Å². The molecular weight excluding hydrogens is 268 g/mol. The second-order valence-electron chi connectivity index (χ2n) is 6.52. The summed E-state index contributed by atoms with van der Waals surface area (Å²) < 4.78 is 0. The summed E-state index contributed by atoms with van der Waals surface area (Å²) in [7, 11) is 1.79. The van der Waals surface area contributed by atoms with E-state index in [-0.39, 0.29) is 17.9 Å². The molecule has 1 rings (SSSR count). The molecule has 1 fully saturated rings. The summed E-state index contributed by atoms with van der Waals surface area (Å²) in [6.45, 7) is 4.82. The van der Waals surface area contributed by atoms with E-state index >= 15 is 0 Å². The minimum atomic E-state index is -0.394. The molecular formula is C16H30N2O3. The highest BCUT2D eigenvalue weighted by Crippen LogP contribution is 2.18. The Morgan fingerprint density at radius 3 is 2.57 bits per heavy atom. The third-order valence-electron chi connectivity index (χ3n) is 4.08. The van der Waals surface area contributed by atoms with E-state index in [2.05, 4.69) is 19.2 Å². The van der Waals surface area contributed by atoms with Crippen LogP contribution < -0.4 is 5.32 Å². The highest BCUT2D eigenvalue weighted by atomic mass is 16.3. The van der Waals surface area contributed by atoms with Crippen LogP contribution in [0, 0.1) is 5.92 Å². The SMILES string of the molecule is CC(C)CCC(=O)N(C)CCCC(=O)N[C@@H]1CCC[C@H]1O. The average molecular weight is 298 g/mol. The smallest absolute Gasteiger partial charge is 0.222 e. The van der Waals surface area contributed by atoms with Crippen LogP contribution in [0.15, 0.2) is 0 Å². The fourth-order valence-electron chi connectivity index (χ4n) is 2.59. The molecule has 5 heteroatoms. The van der Waals surface area contributed by atoms with Crippen LogP contribution in [0.2, 0.25) is 0 Å². The van der Waals surface area contributed by atoms with E-state index < -0.39 is 6.10 Å². The van der Waals surface area contributed by atoms with E-state index in [4.69, 9.17) is 0 Å². The molecule has 2 atom stereocenters. The average Bonchev–Trinajstić information content (AvgIpc) is 2.81. The molecule has 122 valence electrons. The van der Waals surface area contributed by atoms with E-state index in [1.807, 2.05) is 0 Å². The first-order valence-electron chi connectivity index (χ1n) is 8.11. The molecule has 0 aliphatic heterocycles. The number of nitrogens with zero attached hydrogens (tertiary/aromatic N) is 1. The van der Waals surface area contributed by atoms with Crippen molar-refractivity contribution in [1.82, 2.24) is 10.2 Å². The molecule has 21 heavy (non-hydrogen) atoms. The number of aliphatic hydroxyl groups is 1. The second-order valence-corrected chi connectivity index (χ2v) is 6.52. The van der Waals surface area contributed by atoms with Gasteiger partial charge in [-0.05, 0) is 38.0 Å². The van der Waals surface area contributed by atoms with Gasteiger partial charge in [-0.25, -0.2) is 0 Å². The fraction of sp³-hybridized carbons (Fsp3) is 0.875. The summed E-state index contributed by atoms with van der Waals surface area (Å²) in [6.07, 6.45) is 4.77. The largest absolute Gasteiger partial charge is 0.391 e. The first-order valence-corrected chi connectivity index (χ1v) is 8.11. The van der Waals surface area contributed by atoms with Gasteiger partial charge in [0.05, 0.1) is 12.1 Å². The summed E-state index contributed by atoms with van der Waals surface area (Å²) in [5.74, 6) is 0.658. The number of hydrogen-bond acceptors (Lipinski definition) is 3. The van der Waals surface area contributed by atoms with Gasteiger partial charge in [-0.2, -0.15) is 0 Å². The third kappa shape index (κ3) is 6.93. The predicted octanol–water partition coefficient (Wildman–Crippen LogP) is 1.69. The molecule has 0 saturated heterocycles. The highest BCUT2D eigenvalue weighted by molar-refractivity contribution is 5.77. The number of hydrogen-bond donors (Lipinski definition) is 2. The van der Waals surface area contributed by atoms with Crippen LogP contribution in [0.1, 0.15) is 58.8 Å². The number of aliphatic hydroxyl groups excluding tert-OH is 1. The molecule has 0 aromatic rings. The van der Waals surface area contributed by atoms with E-state index in [0.717, 1.165) is 25.7 Å². The Kier molecular flexibility index (Phi) is 7.72. The van der Waals surface area contributed by atoms with Crippen molar-refractivity contribution in [3.8, 4) is 0 Å². The highest BCUT2D eigenvalue weighted by Gasteiger charge is 2.26. The van der Waals surface area contributed by atoms with E-state index in [1.54, 1.807) is 11.9 Å². The van der Waals surface area contributed by atoms with Gasteiger partial charge in [0.2, 0.25) is 11.8 Å². The van der Waals surface area contributed by atoms with Crippen LogP contribution in [-0.4, -0.2) is 47.6 Å². The van der Waals surface area contributed by atoms with Crippen molar-refractivity contribution in [2.75, 3.05) is 13.6 Å². The summed E-state index contributed by atoms with van der Waals surface area (Å²) in [5, 5.41) is 12.5. The number of carbonyl (C=O) groups excluding carboxylic acids is 2. The minimum absolute atomic E-state index is 0.0241. The van der Waals surface area contributed by atoms with E-state index in [9.17, 15) is 14.7 Å². The predicted molar refractivity (Wildman–Crippen MR) is 82.7 cm³/mol. The summed E-state index contributed by atoms with van der Waals surface area (Å²) in [6, 6.07) is -0.0806. The molecule has 5 nitrogen and oxygen atoms in total. The molecule has 0 heterocycles. The normalized spacial score (nSPS) is 21.6. The van der Waals surface area contributed by atoms with Gasteiger partial charge < -0.3 is 15.3 Å². The topological polar surface area (TPSA) is 69.6 Å².